The first-order valence-corrected chi connectivity index (χ1v) is 21.7. The number of rotatable bonds is 6. The summed E-state index contributed by atoms with van der Waals surface area (Å²) in [4.78, 5) is 0. The number of hydrogen-bond donors (Lipinski definition) is 1. The molecule has 0 saturated carbocycles. The van der Waals surface area contributed by atoms with Gasteiger partial charge in [0.25, 0.3) is 0 Å². The zero-order valence-electron chi connectivity index (χ0n) is 24.4. The third-order valence-electron chi connectivity index (χ3n) is 5.99. The van der Waals surface area contributed by atoms with Crippen molar-refractivity contribution >= 4 is 36.7 Å². The van der Waals surface area contributed by atoms with E-state index in [1.54, 1.807) is 0 Å². The SMILES string of the molecule is CC(C)(C)N1C(c2ccccc2)=C(c2ccc(F)cc2)O[Si@@]1(N[Si](C)(C)C)N(C(C)(C)C)[Si](C)(C)C. The van der Waals surface area contributed by atoms with Crippen LogP contribution in [0.1, 0.15) is 52.7 Å². The highest BCUT2D eigenvalue weighted by atomic mass is 28.5. The summed E-state index contributed by atoms with van der Waals surface area (Å²) >= 11 is 0. The van der Waals surface area contributed by atoms with Gasteiger partial charge in [0.15, 0.2) is 0 Å². The molecule has 3 rings (SSSR count). The fourth-order valence-electron chi connectivity index (χ4n) is 5.62. The molecule has 0 amide bonds. The minimum atomic E-state index is -3.07. The van der Waals surface area contributed by atoms with Crippen LogP contribution in [0, 0.1) is 5.82 Å². The van der Waals surface area contributed by atoms with Crippen LogP contribution < -0.4 is 4.65 Å². The normalized spacial score (nSPS) is 19.8. The molecule has 0 radical (unpaired) electrons. The first-order chi connectivity index (χ1) is 16.3. The molecule has 0 saturated heterocycles. The Bertz CT molecular complexity index is 1080. The molecular formula is C28H46FN3OSi3. The smallest absolute Gasteiger partial charge is 0.501 e. The van der Waals surface area contributed by atoms with Crippen LogP contribution in [-0.2, 0) is 4.43 Å². The first kappa shape index (κ1) is 28.8. The van der Waals surface area contributed by atoms with Crippen molar-refractivity contribution in [3.8, 4) is 0 Å². The van der Waals surface area contributed by atoms with Gasteiger partial charge >= 0.3 is 8.80 Å². The molecule has 8 heteroatoms. The van der Waals surface area contributed by atoms with Crippen LogP contribution in [-0.4, -0.2) is 45.1 Å². The van der Waals surface area contributed by atoms with Crippen molar-refractivity contribution in [1.29, 1.82) is 0 Å². The Hall–Kier alpha value is -1.72. The summed E-state index contributed by atoms with van der Waals surface area (Å²) in [7, 11) is -6.88. The highest BCUT2D eigenvalue weighted by Gasteiger charge is 2.66. The number of hydrogen-bond acceptors (Lipinski definition) is 4. The minimum absolute atomic E-state index is 0.132. The summed E-state index contributed by atoms with van der Waals surface area (Å²) in [5.74, 6) is 0.592. The molecule has 0 unspecified atom stereocenters. The first-order valence-electron chi connectivity index (χ1n) is 12.9. The van der Waals surface area contributed by atoms with E-state index < -0.39 is 25.3 Å². The summed E-state index contributed by atoms with van der Waals surface area (Å²) in [6.07, 6.45) is 0. The molecular weight excluding hydrogens is 498 g/mol. The van der Waals surface area contributed by atoms with Gasteiger partial charge in [0.05, 0.1) is 5.70 Å². The fraction of sp³-hybridized carbons (Fsp3) is 0.500. The van der Waals surface area contributed by atoms with Crippen molar-refractivity contribution in [2.24, 2.45) is 0 Å². The quantitative estimate of drug-likeness (QED) is 0.380. The Morgan fingerprint density at radius 1 is 0.806 bits per heavy atom. The molecule has 36 heavy (non-hydrogen) atoms. The van der Waals surface area contributed by atoms with Crippen LogP contribution in [0.3, 0.4) is 0 Å². The Morgan fingerprint density at radius 2 is 1.33 bits per heavy atom. The van der Waals surface area contributed by atoms with Gasteiger partial charge < -0.3 is 8.99 Å². The molecule has 2 aromatic carbocycles. The van der Waals surface area contributed by atoms with Gasteiger partial charge in [-0.15, -0.1) is 0 Å². The van der Waals surface area contributed by atoms with Gasteiger partial charge in [-0.05, 0) is 65.8 Å². The molecule has 198 valence electrons. The van der Waals surface area contributed by atoms with E-state index in [4.69, 9.17) is 4.43 Å². The average molecular weight is 544 g/mol. The number of benzene rings is 2. The van der Waals surface area contributed by atoms with Gasteiger partial charge in [-0.3, -0.25) is 8.88 Å². The average Bonchev–Trinajstić information content (AvgIpc) is 3.00. The van der Waals surface area contributed by atoms with E-state index in [-0.39, 0.29) is 16.9 Å². The largest absolute Gasteiger partial charge is 0.529 e. The van der Waals surface area contributed by atoms with Crippen LogP contribution in [0.5, 0.6) is 0 Å². The topological polar surface area (TPSA) is 27.7 Å². The lowest BCUT2D eigenvalue weighted by Crippen LogP contribution is -2.86. The molecule has 1 N–H and O–H groups in total. The summed E-state index contributed by atoms with van der Waals surface area (Å²) in [6, 6.07) is 17.3. The van der Waals surface area contributed by atoms with Crippen molar-refractivity contribution in [2.75, 3.05) is 0 Å². The van der Waals surface area contributed by atoms with E-state index in [2.05, 4.69) is 119 Å². The molecule has 1 heterocycles. The summed E-state index contributed by atoms with van der Waals surface area (Å²) < 4.78 is 31.1. The Balaban J connectivity index is 2.48. The summed E-state index contributed by atoms with van der Waals surface area (Å²) in [5, 5.41) is 0. The highest BCUT2D eigenvalue weighted by molar-refractivity contribution is 6.94. The lowest BCUT2D eigenvalue weighted by atomic mass is 10.0. The number of nitrogens with one attached hydrogen (secondary N) is 1. The van der Waals surface area contributed by atoms with E-state index in [1.807, 2.05) is 18.2 Å². The summed E-state index contributed by atoms with van der Waals surface area (Å²) in [6.45, 7) is 28.1. The predicted molar refractivity (Wildman–Crippen MR) is 160 cm³/mol. The van der Waals surface area contributed by atoms with E-state index in [9.17, 15) is 4.39 Å². The second-order valence-corrected chi connectivity index (χ2v) is 26.9. The zero-order chi connectivity index (χ0) is 27.3. The van der Waals surface area contributed by atoms with Gasteiger partial charge in [0.1, 0.15) is 28.0 Å². The maximum Gasteiger partial charge on any atom is 0.529 e. The molecule has 1 atom stereocenters. The van der Waals surface area contributed by atoms with Crippen LogP contribution in [0.15, 0.2) is 54.6 Å². The van der Waals surface area contributed by atoms with E-state index >= 15 is 0 Å². The number of halogens is 1. The lowest BCUT2D eigenvalue weighted by molar-refractivity contribution is 0.210. The van der Waals surface area contributed by atoms with Gasteiger partial charge in [0, 0.05) is 22.2 Å². The molecule has 0 aromatic heterocycles. The monoisotopic (exact) mass is 543 g/mol. The van der Waals surface area contributed by atoms with E-state index in [0.717, 1.165) is 22.6 Å². The number of nitrogens with zero attached hydrogens (tertiary/aromatic N) is 2. The Morgan fingerprint density at radius 3 is 1.75 bits per heavy atom. The molecule has 0 fully saturated rings. The van der Waals surface area contributed by atoms with Crippen molar-refractivity contribution < 1.29 is 8.82 Å². The van der Waals surface area contributed by atoms with Crippen molar-refractivity contribution in [3.05, 3.63) is 71.5 Å². The lowest BCUT2D eigenvalue weighted by Gasteiger charge is -2.58. The van der Waals surface area contributed by atoms with Crippen LogP contribution in [0.2, 0.25) is 39.3 Å². The van der Waals surface area contributed by atoms with Crippen molar-refractivity contribution in [1.82, 2.24) is 13.4 Å². The molecule has 0 bridgehead atoms. The summed E-state index contributed by atoms with van der Waals surface area (Å²) in [5.41, 5.74) is 2.73. The maximum atomic E-state index is 14.0. The maximum absolute atomic E-state index is 14.0. The van der Waals surface area contributed by atoms with Crippen LogP contribution in [0.25, 0.3) is 11.5 Å². The van der Waals surface area contributed by atoms with E-state index in [0.29, 0.717) is 0 Å². The Kier molecular flexibility index (Phi) is 7.65. The predicted octanol–water partition coefficient (Wildman–Crippen LogP) is 7.58. The second-order valence-electron chi connectivity index (χ2n) is 13.8. The molecule has 4 nitrogen and oxygen atoms in total. The zero-order valence-corrected chi connectivity index (χ0v) is 27.4. The van der Waals surface area contributed by atoms with Gasteiger partial charge in [-0.1, -0.05) is 69.6 Å². The molecule has 0 aliphatic carbocycles. The standard InChI is InChI=1S/C28H46FN3OSi3/c1-27(2,3)31-25(22-16-14-13-15-17-22)26(23-18-20-24(29)21-19-23)33-36(31,30-34(7,8)9)32(28(4,5)6)35(10,11)12/h13-21,30H,1-12H3/t36-/m1/s1. The fourth-order valence-corrected chi connectivity index (χ4v) is 20.4. The van der Waals surface area contributed by atoms with E-state index in [1.165, 1.54) is 12.1 Å². The molecule has 1 aliphatic rings. The Labute approximate surface area is 222 Å². The van der Waals surface area contributed by atoms with Gasteiger partial charge in [0.2, 0.25) is 0 Å². The molecule has 2 aromatic rings. The van der Waals surface area contributed by atoms with Gasteiger partial charge in [-0.25, -0.2) is 4.39 Å². The molecule has 1 aliphatic heterocycles. The highest BCUT2D eigenvalue weighted by Crippen LogP contribution is 2.49. The van der Waals surface area contributed by atoms with Crippen molar-refractivity contribution in [2.45, 2.75) is 91.9 Å². The van der Waals surface area contributed by atoms with Crippen molar-refractivity contribution in [3.63, 3.8) is 0 Å². The van der Waals surface area contributed by atoms with Crippen LogP contribution in [0.4, 0.5) is 4.39 Å². The second kappa shape index (κ2) is 9.54. The van der Waals surface area contributed by atoms with Crippen LogP contribution >= 0.6 is 0 Å². The third-order valence-corrected chi connectivity index (χ3v) is 18.5. The third kappa shape index (κ3) is 5.88. The van der Waals surface area contributed by atoms with Gasteiger partial charge in [-0.2, -0.15) is 0 Å². The minimum Gasteiger partial charge on any atom is -0.501 e. The molecule has 0 spiro atoms.